The van der Waals surface area contributed by atoms with Crippen molar-refractivity contribution in [1.29, 1.82) is 0 Å². The SMILES string of the molecule is CCC/C(=C\c1cc(OC)c(OC)c(OC)c1OC)C(=O)c1ccc(N)c(OC)c1. The van der Waals surface area contributed by atoms with Crippen LogP contribution in [0.25, 0.3) is 6.08 Å². The lowest BCUT2D eigenvalue weighted by Gasteiger charge is -2.18. The van der Waals surface area contributed by atoms with E-state index in [1.54, 1.807) is 30.3 Å². The van der Waals surface area contributed by atoms with Gasteiger partial charge in [-0.2, -0.15) is 0 Å². The van der Waals surface area contributed by atoms with Crippen LogP contribution in [0.2, 0.25) is 0 Å². The molecule has 0 fully saturated rings. The molecule has 0 atom stereocenters. The molecule has 0 aliphatic carbocycles. The predicted molar refractivity (Wildman–Crippen MR) is 117 cm³/mol. The van der Waals surface area contributed by atoms with Gasteiger partial charge >= 0.3 is 0 Å². The number of anilines is 1. The molecule has 0 unspecified atom stereocenters. The molecule has 2 rings (SSSR count). The second-order valence-electron chi connectivity index (χ2n) is 6.47. The van der Waals surface area contributed by atoms with Crippen LogP contribution in [-0.4, -0.2) is 41.3 Å². The normalized spacial score (nSPS) is 11.1. The van der Waals surface area contributed by atoms with Gasteiger partial charge in [0, 0.05) is 16.7 Å². The van der Waals surface area contributed by atoms with Crippen molar-refractivity contribution in [3.8, 4) is 28.7 Å². The van der Waals surface area contributed by atoms with Crippen LogP contribution in [0.5, 0.6) is 28.7 Å². The monoisotopic (exact) mass is 415 g/mol. The molecular weight excluding hydrogens is 386 g/mol. The molecule has 2 aromatic rings. The van der Waals surface area contributed by atoms with E-state index in [-0.39, 0.29) is 5.78 Å². The smallest absolute Gasteiger partial charge is 0.207 e. The Morgan fingerprint density at radius 3 is 2.03 bits per heavy atom. The predicted octanol–water partition coefficient (Wildman–Crippen LogP) is 4.38. The van der Waals surface area contributed by atoms with Gasteiger partial charge in [0.1, 0.15) is 5.75 Å². The molecule has 7 nitrogen and oxygen atoms in total. The summed E-state index contributed by atoms with van der Waals surface area (Å²) in [5.74, 6) is 2.07. The standard InChI is InChI=1S/C23H29NO6/c1-7-8-14(20(25)15-9-10-17(24)18(12-15)26-2)11-16-13-19(27-3)22(29-5)23(30-6)21(16)28-4/h9-13H,7-8,24H2,1-6H3/b14-11+. The number of carbonyl (C=O) groups is 1. The highest BCUT2D eigenvalue weighted by atomic mass is 16.5. The van der Waals surface area contributed by atoms with Crippen LogP contribution in [-0.2, 0) is 0 Å². The average molecular weight is 415 g/mol. The van der Waals surface area contributed by atoms with Crippen molar-refractivity contribution in [3.63, 3.8) is 0 Å². The second-order valence-corrected chi connectivity index (χ2v) is 6.47. The number of carbonyl (C=O) groups excluding carboxylic acids is 1. The number of hydrogen-bond acceptors (Lipinski definition) is 7. The summed E-state index contributed by atoms with van der Waals surface area (Å²) in [6.45, 7) is 2.01. The zero-order chi connectivity index (χ0) is 22.3. The van der Waals surface area contributed by atoms with Gasteiger partial charge in [-0.1, -0.05) is 13.3 Å². The van der Waals surface area contributed by atoms with Gasteiger partial charge in [-0.15, -0.1) is 0 Å². The van der Waals surface area contributed by atoms with Gasteiger partial charge in [-0.05, 0) is 36.8 Å². The minimum atomic E-state index is -0.119. The number of ether oxygens (including phenoxy) is 5. The van der Waals surface area contributed by atoms with Gasteiger partial charge in [0.25, 0.3) is 0 Å². The fourth-order valence-corrected chi connectivity index (χ4v) is 3.21. The first-order chi connectivity index (χ1) is 14.4. The topological polar surface area (TPSA) is 89.2 Å². The number of nitrogens with two attached hydrogens (primary N) is 1. The highest BCUT2D eigenvalue weighted by Gasteiger charge is 2.22. The number of hydrogen-bond donors (Lipinski definition) is 1. The maximum absolute atomic E-state index is 13.3. The molecule has 30 heavy (non-hydrogen) atoms. The Bertz CT molecular complexity index is 936. The molecule has 0 aromatic heterocycles. The van der Waals surface area contributed by atoms with Crippen molar-refractivity contribution in [2.24, 2.45) is 0 Å². The first kappa shape index (κ1) is 22.9. The zero-order valence-corrected chi connectivity index (χ0v) is 18.3. The van der Waals surface area contributed by atoms with Crippen molar-refractivity contribution < 1.29 is 28.5 Å². The Morgan fingerprint density at radius 1 is 0.867 bits per heavy atom. The molecular formula is C23H29NO6. The lowest BCUT2D eigenvalue weighted by molar-refractivity contribution is 0.103. The quantitative estimate of drug-likeness (QED) is 0.350. The first-order valence-corrected chi connectivity index (χ1v) is 9.51. The summed E-state index contributed by atoms with van der Waals surface area (Å²) in [5.41, 5.74) is 8.10. The second kappa shape index (κ2) is 10.4. The summed E-state index contributed by atoms with van der Waals surface area (Å²) in [5, 5.41) is 0. The van der Waals surface area contributed by atoms with E-state index < -0.39 is 0 Å². The summed E-state index contributed by atoms with van der Waals surface area (Å²) < 4.78 is 27.2. The Hall–Kier alpha value is -3.35. The Labute approximate surface area is 177 Å². The average Bonchev–Trinajstić information content (AvgIpc) is 2.77. The maximum Gasteiger partial charge on any atom is 0.207 e. The highest BCUT2D eigenvalue weighted by Crippen LogP contribution is 2.47. The number of allylic oxidation sites excluding steroid dienone is 1. The van der Waals surface area contributed by atoms with E-state index in [9.17, 15) is 4.79 Å². The number of methoxy groups -OCH3 is 5. The van der Waals surface area contributed by atoms with Crippen LogP contribution in [0, 0.1) is 0 Å². The van der Waals surface area contributed by atoms with Crippen molar-refractivity contribution in [1.82, 2.24) is 0 Å². The summed E-state index contributed by atoms with van der Waals surface area (Å²) in [7, 11) is 7.63. The minimum absolute atomic E-state index is 0.119. The van der Waals surface area contributed by atoms with Crippen molar-refractivity contribution >= 4 is 17.5 Å². The molecule has 2 aromatic carbocycles. The van der Waals surface area contributed by atoms with Gasteiger partial charge < -0.3 is 29.4 Å². The molecule has 162 valence electrons. The fraction of sp³-hybridized carbons (Fsp3) is 0.348. The largest absolute Gasteiger partial charge is 0.495 e. The molecule has 0 aliphatic rings. The molecule has 0 bridgehead atoms. The van der Waals surface area contributed by atoms with Gasteiger partial charge in [-0.3, -0.25) is 4.79 Å². The van der Waals surface area contributed by atoms with E-state index in [1.165, 1.54) is 35.5 Å². The molecule has 0 heterocycles. The van der Waals surface area contributed by atoms with Crippen LogP contribution >= 0.6 is 0 Å². The summed E-state index contributed by atoms with van der Waals surface area (Å²) in [6.07, 6.45) is 3.15. The van der Waals surface area contributed by atoms with E-state index in [0.29, 0.717) is 57.6 Å². The van der Waals surface area contributed by atoms with Crippen LogP contribution < -0.4 is 29.4 Å². The summed E-state index contributed by atoms with van der Waals surface area (Å²) in [6, 6.07) is 6.76. The first-order valence-electron chi connectivity index (χ1n) is 9.51. The molecule has 2 N–H and O–H groups in total. The number of ketones is 1. The Morgan fingerprint density at radius 2 is 1.50 bits per heavy atom. The Kier molecular flexibility index (Phi) is 7.98. The van der Waals surface area contributed by atoms with E-state index in [1.807, 2.05) is 6.92 Å². The highest BCUT2D eigenvalue weighted by molar-refractivity contribution is 6.12. The van der Waals surface area contributed by atoms with Crippen molar-refractivity contribution in [2.75, 3.05) is 41.3 Å². The lowest BCUT2D eigenvalue weighted by atomic mass is 9.96. The molecule has 0 radical (unpaired) electrons. The van der Waals surface area contributed by atoms with E-state index in [4.69, 9.17) is 29.4 Å². The number of rotatable bonds is 10. The summed E-state index contributed by atoms with van der Waals surface area (Å²) >= 11 is 0. The number of benzene rings is 2. The van der Waals surface area contributed by atoms with Gasteiger partial charge in [0.05, 0.1) is 41.2 Å². The van der Waals surface area contributed by atoms with E-state index >= 15 is 0 Å². The third-order valence-electron chi connectivity index (χ3n) is 4.65. The molecule has 0 saturated carbocycles. The third kappa shape index (κ3) is 4.62. The lowest BCUT2D eigenvalue weighted by Crippen LogP contribution is -2.06. The number of Topliss-reactive ketones (excluding diaryl/α,β-unsaturated/α-hetero) is 1. The molecule has 0 spiro atoms. The van der Waals surface area contributed by atoms with Crippen LogP contribution in [0.15, 0.2) is 29.8 Å². The summed E-state index contributed by atoms with van der Waals surface area (Å²) in [4.78, 5) is 13.3. The fourth-order valence-electron chi connectivity index (χ4n) is 3.21. The molecule has 0 amide bonds. The van der Waals surface area contributed by atoms with E-state index in [2.05, 4.69) is 0 Å². The minimum Gasteiger partial charge on any atom is -0.495 e. The maximum atomic E-state index is 13.3. The van der Waals surface area contributed by atoms with Crippen molar-refractivity contribution in [3.05, 3.63) is 41.0 Å². The number of nitrogen functional groups attached to an aromatic ring is 1. The van der Waals surface area contributed by atoms with Crippen molar-refractivity contribution in [2.45, 2.75) is 19.8 Å². The molecule has 0 saturated heterocycles. The van der Waals surface area contributed by atoms with Crippen LogP contribution in [0.1, 0.15) is 35.7 Å². The van der Waals surface area contributed by atoms with Crippen LogP contribution in [0.4, 0.5) is 5.69 Å². The zero-order valence-electron chi connectivity index (χ0n) is 18.3. The third-order valence-corrected chi connectivity index (χ3v) is 4.65. The van der Waals surface area contributed by atoms with E-state index in [0.717, 1.165) is 6.42 Å². The van der Waals surface area contributed by atoms with Crippen LogP contribution in [0.3, 0.4) is 0 Å². The van der Waals surface area contributed by atoms with Gasteiger partial charge in [0.2, 0.25) is 11.5 Å². The molecule has 0 aliphatic heterocycles. The Balaban J connectivity index is 2.65. The van der Waals surface area contributed by atoms with Gasteiger partial charge in [-0.25, -0.2) is 0 Å². The van der Waals surface area contributed by atoms with Gasteiger partial charge in [0.15, 0.2) is 17.3 Å². The molecule has 7 heteroatoms.